The minimum Gasteiger partial charge on any atom is -0.297 e. The Morgan fingerprint density at radius 1 is 1.29 bits per heavy atom. The summed E-state index contributed by atoms with van der Waals surface area (Å²) in [6, 6.07) is 2.74. The standard InChI is InChI=1S/C14H23BrN2/c1-4-5-6-7-17(12(2)3)11-13-8-14(15)10-16-9-13/h8-10,12H,4-7,11H2,1-3H3. The topological polar surface area (TPSA) is 16.1 Å². The van der Waals surface area contributed by atoms with Gasteiger partial charge in [-0.25, -0.2) is 0 Å². The van der Waals surface area contributed by atoms with Crippen LogP contribution in [0.15, 0.2) is 22.9 Å². The average molecular weight is 299 g/mol. The third-order valence-corrected chi connectivity index (χ3v) is 3.36. The first-order chi connectivity index (χ1) is 8.13. The quantitative estimate of drug-likeness (QED) is 0.700. The van der Waals surface area contributed by atoms with Crippen LogP contribution in [0.4, 0.5) is 0 Å². The maximum Gasteiger partial charge on any atom is 0.0410 e. The molecule has 0 atom stereocenters. The Kier molecular flexibility index (Phi) is 6.75. The van der Waals surface area contributed by atoms with Gasteiger partial charge in [-0.05, 0) is 54.4 Å². The molecule has 1 rings (SSSR count). The summed E-state index contributed by atoms with van der Waals surface area (Å²) in [5.74, 6) is 0. The number of halogens is 1. The van der Waals surface area contributed by atoms with Gasteiger partial charge in [0.15, 0.2) is 0 Å². The third-order valence-electron chi connectivity index (χ3n) is 2.93. The predicted molar refractivity (Wildman–Crippen MR) is 77.0 cm³/mol. The van der Waals surface area contributed by atoms with Crippen molar-refractivity contribution in [3.8, 4) is 0 Å². The highest BCUT2D eigenvalue weighted by molar-refractivity contribution is 9.10. The number of aromatic nitrogens is 1. The van der Waals surface area contributed by atoms with Gasteiger partial charge in [0.2, 0.25) is 0 Å². The molecule has 0 aliphatic heterocycles. The van der Waals surface area contributed by atoms with Crippen LogP contribution >= 0.6 is 15.9 Å². The van der Waals surface area contributed by atoms with Crippen LogP contribution in [-0.2, 0) is 6.54 Å². The fourth-order valence-corrected chi connectivity index (χ4v) is 2.27. The molecule has 2 nitrogen and oxygen atoms in total. The molecule has 1 heterocycles. The highest BCUT2D eigenvalue weighted by Gasteiger charge is 2.09. The van der Waals surface area contributed by atoms with Gasteiger partial charge in [-0.2, -0.15) is 0 Å². The number of rotatable bonds is 7. The first-order valence-corrected chi connectivity index (χ1v) is 7.26. The summed E-state index contributed by atoms with van der Waals surface area (Å²) >= 11 is 3.47. The monoisotopic (exact) mass is 298 g/mol. The highest BCUT2D eigenvalue weighted by Crippen LogP contribution is 2.14. The number of hydrogen-bond acceptors (Lipinski definition) is 2. The van der Waals surface area contributed by atoms with E-state index in [0.29, 0.717) is 6.04 Å². The summed E-state index contributed by atoms with van der Waals surface area (Å²) in [5, 5.41) is 0. The van der Waals surface area contributed by atoms with Gasteiger partial charge in [0, 0.05) is 29.5 Å². The second kappa shape index (κ2) is 7.83. The molecule has 0 radical (unpaired) electrons. The zero-order valence-electron chi connectivity index (χ0n) is 11.1. The minimum absolute atomic E-state index is 0.589. The van der Waals surface area contributed by atoms with E-state index in [0.717, 1.165) is 11.0 Å². The van der Waals surface area contributed by atoms with E-state index in [-0.39, 0.29) is 0 Å². The number of nitrogens with zero attached hydrogens (tertiary/aromatic N) is 2. The summed E-state index contributed by atoms with van der Waals surface area (Å²) in [5.41, 5.74) is 1.28. The van der Waals surface area contributed by atoms with Crippen LogP contribution in [0.25, 0.3) is 0 Å². The molecule has 1 aromatic heterocycles. The fraction of sp³-hybridized carbons (Fsp3) is 0.643. The van der Waals surface area contributed by atoms with E-state index in [2.05, 4.69) is 52.7 Å². The van der Waals surface area contributed by atoms with Crippen LogP contribution in [0.5, 0.6) is 0 Å². The second-order valence-electron chi connectivity index (χ2n) is 4.78. The van der Waals surface area contributed by atoms with Crippen molar-refractivity contribution in [3.63, 3.8) is 0 Å². The molecule has 96 valence electrons. The zero-order valence-corrected chi connectivity index (χ0v) is 12.7. The van der Waals surface area contributed by atoms with E-state index in [9.17, 15) is 0 Å². The number of hydrogen-bond donors (Lipinski definition) is 0. The van der Waals surface area contributed by atoms with Crippen molar-refractivity contribution in [3.05, 3.63) is 28.5 Å². The molecule has 0 aromatic carbocycles. The van der Waals surface area contributed by atoms with E-state index in [4.69, 9.17) is 0 Å². The van der Waals surface area contributed by atoms with Gasteiger partial charge in [-0.1, -0.05) is 19.8 Å². The van der Waals surface area contributed by atoms with Gasteiger partial charge < -0.3 is 0 Å². The van der Waals surface area contributed by atoms with Crippen LogP contribution in [-0.4, -0.2) is 22.5 Å². The number of pyridine rings is 1. The zero-order chi connectivity index (χ0) is 12.7. The Balaban J connectivity index is 2.54. The van der Waals surface area contributed by atoms with E-state index in [1.807, 2.05) is 12.4 Å². The lowest BCUT2D eigenvalue weighted by Crippen LogP contribution is -2.31. The van der Waals surface area contributed by atoms with Crippen molar-refractivity contribution in [1.29, 1.82) is 0 Å². The lowest BCUT2D eigenvalue weighted by molar-refractivity contribution is 0.208. The van der Waals surface area contributed by atoms with Crippen molar-refractivity contribution >= 4 is 15.9 Å². The Morgan fingerprint density at radius 2 is 2.06 bits per heavy atom. The van der Waals surface area contributed by atoms with E-state index < -0.39 is 0 Å². The maximum absolute atomic E-state index is 4.22. The van der Waals surface area contributed by atoms with Gasteiger partial charge in [0.05, 0.1) is 0 Å². The third kappa shape index (κ3) is 5.64. The van der Waals surface area contributed by atoms with Crippen LogP contribution in [0, 0.1) is 0 Å². The van der Waals surface area contributed by atoms with Gasteiger partial charge in [0.1, 0.15) is 0 Å². The van der Waals surface area contributed by atoms with Gasteiger partial charge >= 0.3 is 0 Å². The molecule has 0 bridgehead atoms. The molecule has 0 aliphatic carbocycles. The molecule has 0 spiro atoms. The normalized spacial score (nSPS) is 11.4. The van der Waals surface area contributed by atoms with Crippen molar-refractivity contribution < 1.29 is 0 Å². The van der Waals surface area contributed by atoms with Crippen LogP contribution in [0.3, 0.4) is 0 Å². The van der Waals surface area contributed by atoms with Crippen LogP contribution in [0.2, 0.25) is 0 Å². The fourth-order valence-electron chi connectivity index (χ4n) is 1.86. The Bertz CT molecular complexity index is 326. The first kappa shape index (κ1) is 14.7. The van der Waals surface area contributed by atoms with Crippen molar-refractivity contribution in [2.24, 2.45) is 0 Å². The molecule has 0 saturated carbocycles. The Hall–Kier alpha value is -0.410. The molecule has 0 amide bonds. The molecule has 0 saturated heterocycles. The molecular weight excluding hydrogens is 276 g/mol. The van der Waals surface area contributed by atoms with Crippen LogP contribution < -0.4 is 0 Å². The molecule has 3 heteroatoms. The number of unbranched alkanes of at least 4 members (excludes halogenated alkanes) is 2. The maximum atomic E-state index is 4.22. The molecule has 0 unspecified atom stereocenters. The van der Waals surface area contributed by atoms with Gasteiger partial charge in [0.25, 0.3) is 0 Å². The SMILES string of the molecule is CCCCCN(Cc1cncc(Br)c1)C(C)C. The van der Waals surface area contributed by atoms with Crippen molar-refractivity contribution in [2.75, 3.05) is 6.54 Å². The first-order valence-electron chi connectivity index (χ1n) is 6.47. The molecule has 17 heavy (non-hydrogen) atoms. The van der Waals surface area contributed by atoms with Crippen molar-refractivity contribution in [2.45, 2.75) is 52.6 Å². The molecule has 1 aromatic rings. The second-order valence-corrected chi connectivity index (χ2v) is 5.70. The molecule has 0 fully saturated rings. The largest absolute Gasteiger partial charge is 0.297 e. The lowest BCUT2D eigenvalue weighted by Gasteiger charge is -2.26. The summed E-state index contributed by atoms with van der Waals surface area (Å²) in [7, 11) is 0. The molecular formula is C14H23BrN2. The van der Waals surface area contributed by atoms with Gasteiger partial charge in [-0.3, -0.25) is 9.88 Å². The van der Waals surface area contributed by atoms with E-state index >= 15 is 0 Å². The summed E-state index contributed by atoms with van der Waals surface area (Å²) in [4.78, 5) is 6.73. The van der Waals surface area contributed by atoms with Crippen molar-refractivity contribution in [1.82, 2.24) is 9.88 Å². The van der Waals surface area contributed by atoms with Crippen LogP contribution in [0.1, 0.15) is 45.6 Å². The molecule has 0 N–H and O–H groups in total. The smallest absolute Gasteiger partial charge is 0.0410 e. The average Bonchev–Trinajstić information content (AvgIpc) is 2.28. The molecule has 0 aliphatic rings. The Morgan fingerprint density at radius 3 is 2.65 bits per heavy atom. The van der Waals surface area contributed by atoms with E-state index in [1.54, 1.807) is 0 Å². The lowest BCUT2D eigenvalue weighted by atomic mass is 10.2. The highest BCUT2D eigenvalue weighted by atomic mass is 79.9. The summed E-state index contributed by atoms with van der Waals surface area (Å²) in [6.07, 6.45) is 7.68. The summed E-state index contributed by atoms with van der Waals surface area (Å²) < 4.78 is 1.06. The summed E-state index contributed by atoms with van der Waals surface area (Å²) in [6.45, 7) is 8.94. The predicted octanol–water partition coefficient (Wildman–Crippen LogP) is 4.24. The van der Waals surface area contributed by atoms with E-state index in [1.165, 1.54) is 31.4 Å². The Labute approximate surface area is 114 Å². The van der Waals surface area contributed by atoms with Gasteiger partial charge in [-0.15, -0.1) is 0 Å². The minimum atomic E-state index is 0.589.